The monoisotopic (exact) mass is 544 g/mol. The zero-order valence-corrected chi connectivity index (χ0v) is 21.2. The van der Waals surface area contributed by atoms with Crippen molar-refractivity contribution in [3.05, 3.63) is 74.8 Å². The summed E-state index contributed by atoms with van der Waals surface area (Å²) < 4.78 is 23.8. The van der Waals surface area contributed by atoms with E-state index in [1.807, 2.05) is 6.07 Å². The normalized spacial score (nSPS) is 11.3. The highest BCUT2D eigenvalue weighted by atomic mass is 32.1. The number of rotatable bonds is 6. The highest BCUT2D eigenvalue weighted by molar-refractivity contribution is 7.22. The molecular formula is C24H17FN10O3S. The van der Waals surface area contributed by atoms with Crippen LogP contribution in [-0.4, -0.2) is 51.6 Å². The number of halogens is 1. The highest BCUT2D eigenvalue weighted by Crippen LogP contribution is 2.36. The first-order valence-corrected chi connectivity index (χ1v) is 12.3. The first-order valence-electron chi connectivity index (χ1n) is 11.5. The van der Waals surface area contributed by atoms with E-state index in [1.165, 1.54) is 23.9 Å². The summed E-state index contributed by atoms with van der Waals surface area (Å²) in [4.78, 5) is 32.5. The second-order valence-corrected chi connectivity index (χ2v) is 9.54. The van der Waals surface area contributed by atoms with Crippen LogP contribution in [0.4, 0.5) is 4.39 Å². The molecule has 5 aromatic heterocycles. The number of nitriles is 1. The molecule has 194 valence electrons. The molecule has 0 radical (unpaired) electrons. The third-order valence-corrected chi connectivity index (χ3v) is 7.46. The number of ether oxygens (including phenoxy) is 1. The summed E-state index contributed by atoms with van der Waals surface area (Å²) >= 11 is 1.08. The lowest BCUT2D eigenvalue weighted by Gasteiger charge is -2.12. The van der Waals surface area contributed by atoms with Crippen molar-refractivity contribution in [1.82, 2.24) is 44.5 Å². The summed E-state index contributed by atoms with van der Waals surface area (Å²) in [6.45, 7) is 0.123. The van der Waals surface area contributed by atoms with E-state index in [-0.39, 0.29) is 34.7 Å². The number of H-pyrrole nitrogens is 1. The molecule has 0 bridgehead atoms. The summed E-state index contributed by atoms with van der Waals surface area (Å²) in [5.41, 5.74) is 0.439. The van der Waals surface area contributed by atoms with Gasteiger partial charge in [-0.25, -0.2) is 13.8 Å². The van der Waals surface area contributed by atoms with Gasteiger partial charge in [0.05, 0.1) is 47.9 Å². The molecule has 13 nitrogen and oxygen atoms in total. The van der Waals surface area contributed by atoms with E-state index < -0.39 is 17.1 Å². The molecule has 39 heavy (non-hydrogen) atoms. The van der Waals surface area contributed by atoms with Crippen LogP contribution in [0.25, 0.3) is 37.2 Å². The molecule has 0 fully saturated rings. The molecule has 1 aromatic carbocycles. The molecule has 5 heterocycles. The molecule has 0 saturated carbocycles. The van der Waals surface area contributed by atoms with Crippen molar-refractivity contribution < 1.29 is 9.13 Å². The van der Waals surface area contributed by atoms with Gasteiger partial charge in [0.25, 0.3) is 5.56 Å². The first-order chi connectivity index (χ1) is 18.9. The lowest BCUT2D eigenvalue weighted by atomic mass is 10.1. The van der Waals surface area contributed by atoms with Crippen LogP contribution >= 0.6 is 11.3 Å². The number of pyridine rings is 1. The van der Waals surface area contributed by atoms with Crippen molar-refractivity contribution in [3.8, 4) is 27.9 Å². The lowest BCUT2D eigenvalue weighted by molar-refractivity contribution is 0.386. The molecule has 0 aliphatic rings. The molecule has 6 aromatic rings. The average molecular weight is 545 g/mol. The van der Waals surface area contributed by atoms with Crippen LogP contribution in [0.5, 0.6) is 5.75 Å². The maximum absolute atomic E-state index is 14.3. The largest absolute Gasteiger partial charge is 0.494 e. The van der Waals surface area contributed by atoms with E-state index in [9.17, 15) is 19.2 Å². The minimum Gasteiger partial charge on any atom is -0.494 e. The Morgan fingerprint density at radius 3 is 2.79 bits per heavy atom. The van der Waals surface area contributed by atoms with Gasteiger partial charge in [-0.05, 0) is 18.2 Å². The maximum Gasteiger partial charge on any atom is 0.336 e. The van der Waals surface area contributed by atoms with Crippen molar-refractivity contribution in [2.24, 2.45) is 7.05 Å². The standard InChI is InChI=1S/C24H17FN10O3S/c1-33-21-13(10-28-33)9-27-11-17(21)35-23(36)22-16(34(24(35)37)4-3-20-29-31-32-30-20)7-19(39-22)14-6-18(38-2)15(25)5-12(14)8-26/h5-7,9-11H,3-4H2,1-2H3,(H,29,30,31,32). The van der Waals surface area contributed by atoms with Gasteiger partial charge >= 0.3 is 5.69 Å². The minimum atomic E-state index is -0.685. The summed E-state index contributed by atoms with van der Waals surface area (Å²) in [6.07, 6.45) is 4.88. The number of aromatic amines is 1. The smallest absolute Gasteiger partial charge is 0.336 e. The summed E-state index contributed by atoms with van der Waals surface area (Å²) in [7, 11) is 3.03. The third-order valence-electron chi connectivity index (χ3n) is 6.31. The lowest BCUT2D eigenvalue weighted by Crippen LogP contribution is -2.39. The summed E-state index contributed by atoms with van der Waals surface area (Å²) in [5, 5.41) is 28.4. The van der Waals surface area contributed by atoms with Crippen LogP contribution in [0, 0.1) is 17.1 Å². The number of fused-ring (bicyclic) bond motifs is 2. The molecule has 0 amide bonds. The fourth-order valence-electron chi connectivity index (χ4n) is 4.49. The maximum atomic E-state index is 14.3. The van der Waals surface area contributed by atoms with Crippen molar-refractivity contribution in [3.63, 3.8) is 0 Å². The molecule has 0 atom stereocenters. The van der Waals surface area contributed by atoms with Crippen LogP contribution in [0.1, 0.15) is 11.4 Å². The van der Waals surface area contributed by atoms with Crippen LogP contribution in [0.2, 0.25) is 0 Å². The van der Waals surface area contributed by atoms with Crippen molar-refractivity contribution in [2.75, 3.05) is 7.11 Å². The van der Waals surface area contributed by atoms with E-state index in [4.69, 9.17) is 4.74 Å². The van der Waals surface area contributed by atoms with Gasteiger partial charge in [0.2, 0.25) is 0 Å². The number of benzene rings is 1. The van der Waals surface area contributed by atoms with Gasteiger partial charge in [-0.1, -0.05) is 5.21 Å². The van der Waals surface area contributed by atoms with Crippen molar-refractivity contribution in [1.29, 1.82) is 5.26 Å². The predicted molar refractivity (Wildman–Crippen MR) is 138 cm³/mol. The Morgan fingerprint density at radius 1 is 1.21 bits per heavy atom. The molecule has 6 rings (SSSR count). The van der Waals surface area contributed by atoms with Crippen LogP contribution in [0.3, 0.4) is 0 Å². The minimum absolute atomic E-state index is 0.0534. The zero-order chi connectivity index (χ0) is 27.3. The number of nitrogens with one attached hydrogen (secondary N) is 1. The highest BCUT2D eigenvalue weighted by Gasteiger charge is 2.22. The van der Waals surface area contributed by atoms with Gasteiger partial charge in [0.1, 0.15) is 4.70 Å². The quantitative estimate of drug-likeness (QED) is 0.330. The van der Waals surface area contributed by atoms with E-state index in [0.717, 1.165) is 22.0 Å². The Morgan fingerprint density at radius 2 is 2.05 bits per heavy atom. The molecule has 0 aliphatic heterocycles. The van der Waals surface area contributed by atoms with Gasteiger partial charge in [-0.3, -0.25) is 19.0 Å². The number of hydrogen-bond acceptors (Lipinski definition) is 10. The fraction of sp³-hybridized carbons (Fsp3) is 0.167. The topological polar surface area (TPSA) is 162 Å². The Kier molecular flexibility index (Phi) is 5.73. The fourth-order valence-corrected chi connectivity index (χ4v) is 5.61. The second kappa shape index (κ2) is 9.26. The van der Waals surface area contributed by atoms with Crippen LogP contribution in [0.15, 0.2) is 46.4 Å². The number of aryl methyl sites for hydroxylation is 3. The predicted octanol–water partition coefficient (Wildman–Crippen LogP) is 1.94. The van der Waals surface area contributed by atoms with E-state index in [0.29, 0.717) is 32.7 Å². The second-order valence-electron chi connectivity index (χ2n) is 8.49. The molecule has 0 spiro atoms. The Bertz CT molecular complexity index is 2050. The molecule has 0 saturated heterocycles. The summed E-state index contributed by atoms with van der Waals surface area (Å²) in [5.74, 6) is -0.355. The zero-order valence-electron chi connectivity index (χ0n) is 20.4. The molecule has 1 N–H and O–H groups in total. The Balaban J connectivity index is 1.65. The van der Waals surface area contributed by atoms with Crippen LogP contribution in [-0.2, 0) is 20.0 Å². The van der Waals surface area contributed by atoms with Crippen molar-refractivity contribution in [2.45, 2.75) is 13.0 Å². The molecular weight excluding hydrogens is 527 g/mol. The number of hydrogen-bond donors (Lipinski definition) is 1. The average Bonchev–Trinajstić information content (AvgIpc) is 3.69. The van der Waals surface area contributed by atoms with Gasteiger partial charge < -0.3 is 4.74 Å². The van der Waals surface area contributed by atoms with E-state index in [1.54, 1.807) is 30.2 Å². The van der Waals surface area contributed by atoms with Gasteiger partial charge in [-0.2, -0.15) is 15.6 Å². The van der Waals surface area contributed by atoms with Crippen molar-refractivity contribution >= 4 is 32.5 Å². The van der Waals surface area contributed by atoms with E-state index >= 15 is 0 Å². The number of methoxy groups -OCH3 is 1. The number of thiophene rings is 1. The third kappa shape index (κ3) is 3.85. The SMILES string of the molecule is COc1cc(-c2cc3c(s2)c(=O)n(-c2cncc4cnn(C)c24)c(=O)n3CCc2nn[nH]n2)c(C#N)cc1F. The van der Waals surface area contributed by atoms with Gasteiger partial charge in [-0.15, -0.1) is 21.5 Å². The summed E-state index contributed by atoms with van der Waals surface area (Å²) in [6, 6.07) is 6.11. The van der Waals surface area contributed by atoms with Crippen LogP contribution < -0.4 is 16.0 Å². The van der Waals surface area contributed by atoms with Gasteiger partial charge in [0, 0.05) is 42.0 Å². The molecule has 0 unspecified atom stereocenters. The Hall–Kier alpha value is -5.23. The Labute approximate surface area is 221 Å². The molecule has 0 aliphatic carbocycles. The van der Waals surface area contributed by atoms with Gasteiger partial charge in [0.15, 0.2) is 17.4 Å². The van der Waals surface area contributed by atoms with E-state index in [2.05, 4.69) is 30.7 Å². The first kappa shape index (κ1) is 24.1. The number of tetrazole rings is 1. The molecule has 15 heteroatoms. The number of aromatic nitrogens is 9. The number of nitrogens with zero attached hydrogens (tertiary/aromatic N) is 9.